The molecule has 0 bridgehead atoms. The lowest BCUT2D eigenvalue weighted by Gasteiger charge is -2.40. The van der Waals surface area contributed by atoms with Crippen molar-refractivity contribution in [1.29, 1.82) is 0 Å². The molecule has 31 heavy (non-hydrogen) atoms. The van der Waals surface area contributed by atoms with Gasteiger partial charge in [0.1, 0.15) is 12.6 Å². The molecule has 1 heterocycles. The molecule has 4 heteroatoms. The van der Waals surface area contributed by atoms with Crippen molar-refractivity contribution >= 4 is 26.9 Å². The van der Waals surface area contributed by atoms with Crippen LogP contribution in [-0.4, -0.2) is 25.2 Å². The molecule has 0 saturated heterocycles. The van der Waals surface area contributed by atoms with E-state index in [-0.39, 0.29) is 15.8 Å². The average molecular weight is 464 g/mol. The van der Waals surface area contributed by atoms with Crippen LogP contribution in [0.3, 0.4) is 0 Å². The molecule has 0 unspecified atom stereocenters. The normalized spacial score (nSPS) is 14.3. The van der Waals surface area contributed by atoms with E-state index in [1.807, 2.05) is 0 Å². The third kappa shape index (κ3) is 6.32. The van der Waals surface area contributed by atoms with E-state index in [1.165, 1.54) is 22.2 Å². The van der Waals surface area contributed by atoms with Crippen LogP contribution in [0.4, 0.5) is 0 Å². The number of fused-ring (bicyclic) bond motifs is 1. The minimum absolute atomic E-state index is 0.207. The second-order valence-corrected chi connectivity index (χ2v) is 20.9. The summed E-state index contributed by atoms with van der Waals surface area (Å²) >= 11 is 0. The molecule has 0 N–H and O–H groups in total. The first-order valence-electron chi connectivity index (χ1n) is 11.8. The van der Waals surface area contributed by atoms with Gasteiger partial charge in [-0.1, -0.05) is 98.9 Å². The summed E-state index contributed by atoms with van der Waals surface area (Å²) in [5, 5.41) is 1.27. The first-order valence-corrected chi connectivity index (χ1v) is 14.8. The zero-order valence-corrected chi connectivity index (χ0v) is 24.7. The van der Waals surface area contributed by atoms with E-state index in [2.05, 4.69) is 125 Å². The quantitative estimate of drug-likeness (QED) is 0.317. The van der Waals surface area contributed by atoms with Gasteiger partial charge in [-0.25, -0.2) is 9.13 Å². The smallest absolute Gasteiger partial charge is 0.226 e. The first kappa shape index (κ1) is 26.8. The lowest BCUT2D eigenvalue weighted by molar-refractivity contribution is -0.652. The van der Waals surface area contributed by atoms with Gasteiger partial charge >= 0.3 is 0 Å². The summed E-state index contributed by atoms with van der Waals surface area (Å²) in [6.07, 6.45) is 4.69. The Morgan fingerprint density at radius 3 is 1.52 bits per heavy atom. The summed E-state index contributed by atoms with van der Waals surface area (Å²) in [6.45, 7) is 33.6. The van der Waals surface area contributed by atoms with Gasteiger partial charge in [-0.05, 0) is 57.7 Å². The number of aryl methyl sites for hydroxylation is 2. The number of hydrogen-bond acceptors (Lipinski definition) is 0. The zero-order valence-electron chi connectivity index (χ0n) is 22.9. The highest BCUT2D eigenvalue weighted by molar-refractivity contribution is 7.60. The van der Waals surface area contributed by atoms with Gasteiger partial charge in [-0.3, -0.25) is 0 Å². The fourth-order valence-electron chi connectivity index (χ4n) is 4.93. The predicted molar refractivity (Wildman–Crippen MR) is 144 cm³/mol. The molecule has 176 valence electrons. The van der Waals surface area contributed by atoms with Crippen molar-refractivity contribution in [2.75, 3.05) is 0 Å². The average Bonchev–Trinajstić information content (AvgIpc) is 2.83. The summed E-state index contributed by atoms with van der Waals surface area (Å²) in [7, 11) is -0.414. The van der Waals surface area contributed by atoms with Gasteiger partial charge in [0.25, 0.3) is 0 Å². The van der Waals surface area contributed by atoms with Crippen molar-refractivity contribution in [2.45, 2.75) is 130 Å². The highest BCUT2D eigenvalue weighted by Gasteiger charge is 2.39. The van der Waals surface area contributed by atoms with E-state index < -0.39 is 0 Å². The molecular formula is C27H49N2P2+. The molecule has 0 atom stereocenters. The summed E-state index contributed by atoms with van der Waals surface area (Å²) in [5.41, 5.74) is 5.59. The van der Waals surface area contributed by atoms with Crippen LogP contribution in [0.5, 0.6) is 0 Å². The SMILES string of the molecule is Cc1cc2c(cc1C)[n+](CP(C(C)(C)C)C(C)(C)C)cn2CP(C(C)(C)C)C(C)(C)C. The number of aromatic nitrogens is 2. The topological polar surface area (TPSA) is 8.81 Å². The fraction of sp³-hybridized carbons (Fsp3) is 0.741. The number of benzene rings is 1. The summed E-state index contributed by atoms with van der Waals surface area (Å²) < 4.78 is 5.17. The van der Waals surface area contributed by atoms with Crippen LogP contribution in [0.15, 0.2) is 18.5 Å². The molecule has 2 rings (SSSR count). The second-order valence-electron chi connectivity index (χ2n) is 13.3. The highest BCUT2D eigenvalue weighted by atomic mass is 31.1. The van der Waals surface area contributed by atoms with Gasteiger partial charge in [-0.2, -0.15) is 0 Å². The molecule has 0 spiro atoms. The second kappa shape index (κ2) is 8.72. The summed E-state index contributed by atoms with van der Waals surface area (Å²) in [6, 6.07) is 4.85. The van der Waals surface area contributed by atoms with Crippen LogP contribution in [0, 0.1) is 13.8 Å². The van der Waals surface area contributed by atoms with Crippen LogP contribution in [0.2, 0.25) is 0 Å². The largest absolute Gasteiger partial charge is 0.245 e. The van der Waals surface area contributed by atoms with Crippen molar-refractivity contribution in [1.82, 2.24) is 4.57 Å². The number of hydrogen-bond donors (Lipinski definition) is 0. The minimum Gasteiger partial charge on any atom is -0.226 e. The maximum atomic E-state index is 2.59. The Morgan fingerprint density at radius 2 is 1.10 bits per heavy atom. The lowest BCUT2D eigenvalue weighted by atomic mass is 10.1. The maximum Gasteiger partial charge on any atom is 0.245 e. The van der Waals surface area contributed by atoms with E-state index in [9.17, 15) is 0 Å². The summed E-state index contributed by atoms with van der Waals surface area (Å²) in [4.78, 5) is 0. The van der Waals surface area contributed by atoms with Crippen molar-refractivity contribution in [2.24, 2.45) is 0 Å². The monoisotopic (exact) mass is 463 g/mol. The Bertz CT molecular complexity index is 810. The Labute approximate surface area is 195 Å². The zero-order chi connectivity index (χ0) is 24.2. The van der Waals surface area contributed by atoms with Gasteiger partial charge < -0.3 is 0 Å². The predicted octanol–water partition coefficient (Wildman–Crippen LogP) is 8.62. The third-order valence-electron chi connectivity index (χ3n) is 6.32. The Morgan fingerprint density at radius 1 is 0.677 bits per heavy atom. The molecule has 2 aromatic rings. The number of imidazole rings is 1. The van der Waals surface area contributed by atoms with Crippen LogP contribution in [0.1, 0.15) is 94.2 Å². The molecule has 0 aliphatic carbocycles. The van der Waals surface area contributed by atoms with Crippen molar-refractivity contribution in [3.63, 3.8) is 0 Å². The molecule has 0 aliphatic heterocycles. The lowest BCUT2D eigenvalue weighted by Crippen LogP contribution is -2.38. The fourth-order valence-corrected chi connectivity index (χ4v) is 11.7. The van der Waals surface area contributed by atoms with Crippen LogP contribution in [-0.2, 0) is 12.6 Å². The van der Waals surface area contributed by atoms with E-state index >= 15 is 0 Å². The highest BCUT2D eigenvalue weighted by Crippen LogP contribution is 2.61. The van der Waals surface area contributed by atoms with Crippen LogP contribution < -0.4 is 4.57 Å². The molecule has 0 saturated carbocycles. The first-order chi connectivity index (χ1) is 13.7. The van der Waals surface area contributed by atoms with Gasteiger partial charge in [0, 0.05) is 0 Å². The van der Waals surface area contributed by atoms with E-state index in [4.69, 9.17) is 0 Å². The molecule has 0 aliphatic rings. The number of nitrogens with zero attached hydrogens (tertiary/aromatic N) is 2. The Kier molecular flexibility index (Phi) is 7.54. The maximum absolute atomic E-state index is 2.59. The Hall–Kier alpha value is -0.450. The third-order valence-corrected chi connectivity index (χ3v) is 14.0. The standard InChI is InChI=1S/C27H49N2P2/c1-20-15-22-23(16-21(20)2)29(19-31(26(9,10)11)27(12,13)14)17-28(22)18-30(24(3,4)5)25(6,7)8/h15-17H,18-19H2,1-14H3/q+1. The van der Waals surface area contributed by atoms with Crippen LogP contribution in [0.25, 0.3) is 11.0 Å². The molecule has 0 amide bonds. The Balaban J connectivity index is 2.66. The van der Waals surface area contributed by atoms with Gasteiger partial charge in [0.2, 0.25) is 6.33 Å². The van der Waals surface area contributed by atoms with E-state index in [0.29, 0.717) is 20.6 Å². The van der Waals surface area contributed by atoms with Gasteiger partial charge in [0.05, 0.1) is 0 Å². The minimum atomic E-state index is -0.207. The van der Waals surface area contributed by atoms with Gasteiger partial charge in [-0.15, -0.1) is 0 Å². The van der Waals surface area contributed by atoms with Crippen LogP contribution >= 0.6 is 15.8 Å². The van der Waals surface area contributed by atoms with Crippen molar-refractivity contribution in [3.8, 4) is 0 Å². The molecule has 0 fully saturated rings. The summed E-state index contributed by atoms with van der Waals surface area (Å²) in [5.74, 6) is 0. The van der Waals surface area contributed by atoms with Gasteiger partial charge in [0.15, 0.2) is 11.0 Å². The molecule has 0 radical (unpaired) electrons. The van der Waals surface area contributed by atoms with Crippen molar-refractivity contribution < 1.29 is 4.57 Å². The van der Waals surface area contributed by atoms with E-state index in [0.717, 1.165) is 12.6 Å². The van der Waals surface area contributed by atoms with Crippen molar-refractivity contribution in [3.05, 3.63) is 29.6 Å². The van der Waals surface area contributed by atoms with E-state index in [1.54, 1.807) is 0 Å². The molecule has 1 aromatic carbocycles. The molecular weight excluding hydrogens is 414 g/mol. The molecule has 1 aromatic heterocycles. The molecule has 2 nitrogen and oxygen atoms in total. The number of rotatable bonds is 4.